The lowest BCUT2D eigenvalue weighted by atomic mass is 9.72. The average Bonchev–Trinajstić information content (AvgIpc) is 3.97. The van der Waals surface area contributed by atoms with Gasteiger partial charge in [0.1, 0.15) is 5.58 Å². The van der Waals surface area contributed by atoms with Crippen LogP contribution in [0.2, 0.25) is 0 Å². The van der Waals surface area contributed by atoms with Gasteiger partial charge in [-0.1, -0.05) is 121 Å². The second-order valence-electron chi connectivity index (χ2n) is 14.5. The molecule has 0 saturated carbocycles. The Morgan fingerprint density at radius 3 is 1.56 bits per heavy atom. The Kier molecular flexibility index (Phi) is 6.26. The Bertz CT molecular complexity index is 3170. The molecule has 0 bridgehead atoms. The summed E-state index contributed by atoms with van der Waals surface area (Å²) in [7, 11) is 0. The maximum atomic E-state index is 7.06. The van der Waals surface area contributed by atoms with Gasteiger partial charge in [0.05, 0.1) is 5.69 Å². The molecule has 0 N–H and O–H groups in total. The van der Waals surface area contributed by atoms with Gasteiger partial charge in [0.25, 0.3) is 0 Å². The number of hydrogen-bond donors (Lipinski definition) is 0. The molecule has 3 heterocycles. The summed E-state index contributed by atoms with van der Waals surface area (Å²) in [6.45, 7) is 2.40. The van der Waals surface area contributed by atoms with E-state index in [1.807, 2.05) is 22.7 Å². The van der Waals surface area contributed by atoms with E-state index in [0.29, 0.717) is 0 Å². The first-order valence-electron chi connectivity index (χ1n) is 18.4. The third kappa shape index (κ3) is 4.10. The van der Waals surface area contributed by atoms with Crippen LogP contribution >= 0.6 is 22.7 Å². The minimum Gasteiger partial charge on any atom is -0.454 e. The molecule has 0 fully saturated rings. The summed E-state index contributed by atoms with van der Waals surface area (Å²) in [5, 5.41) is 7.47. The molecule has 0 amide bonds. The van der Waals surface area contributed by atoms with Gasteiger partial charge in [-0.2, -0.15) is 0 Å². The molecule has 2 nitrogen and oxygen atoms in total. The Labute approximate surface area is 319 Å². The van der Waals surface area contributed by atoms with E-state index in [1.165, 1.54) is 68.2 Å². The quantitative estimate of drug-likeness (QED) is 0.180. The molecule has 0 radical (unpaired) electrons. The van der Waals surface area contributed by atoms with Crippen LogP contribution in [0.5, 0.6) is 0 Å². The third-order valence-corrected chi connectivity index (χ3v) is 14.0. The minimum atomic E-state index is -0.382. The average molecular weight is 726 g/mol. The summed E-state index contributed by atoms with van der Waals surface area (Å²) in [4.78, 5) is 2.42. The summed E-state index contributed by atoms with van der Waals surface area (Å²) in [6.07, 6.45) is 0. The molecular weight excluding hydrogens is 695 g/mol. The van der Waals surface area contributed by atoms with E-state index in [1.54, 1.807) is 0 Å². The van der Waals surface area contributed by atoms with Gasteiger partial charge in [0, 0.05) is 67.9 Å². The van der Waals surface area contributed by atoms with Gasteiger partial charge in [0.2, 0.25) is 0 Å². The van der Waals surface area contributed by atoms with Gasteiger partial charge >= 0.3 is 0 Å². The number of anilines is 3. The van der Waals surface area contributed by atoms with E-state index in [4.69, 9.17) is 4.42 Å². The highest BCUT2D eigenvalue weighted by molar-refractivity contribution is 7.26. The number of benzene rings is 8. The van der Waals surface area contributed by atoms with Crippen LogP contribution < -0.4 is 4.90 Å². The zero-order valence-electron chi connectivity index (χ0n) is 29.3. The maximum absolute atomic E-state index is 7.06. The van der Waals surface area contributed by atoms with Crippen LogP contribution in [0.25, 0.3) is 73.4 Å². The summed E-state index contributed by atoms with van der Waals surface area (Å²) >= 11 is 3.71. The Hall–Kier alpha value is -6.20. The van der Waals surface area contributed by atoms with Crippen LogP contribution in [-0.2, 0) is 5.41 Å². The van der Waals surface area contributed by atoms with Crippen molar-refractivity contribution in [2.75, 3.05) is 4.90 Å². The van der Waals surface area contributed by atoms with Gasteiger partial charge in [-0.3, -0.25) is 0 Å². The van der Waals surface area contributed by atoms with Crippen LogP contribution in [-0.4, -0.2) is 0 Å². The van der Waals surface area contributed by atoms with Gasteiger partial charge in [-0.05, 0) is 83.3 Å². The summed E-state index contributed by atoms with van der Waals surface area (Å²) in [5.74, 6) is 0. The Morgan fingerprint density at radius 2 is 0.944 bits per heavy atom. The number of rotatable bonds is 4. The zero-order valence-corrected chi connectivity index (χ0v) is 31.0. The molecule has 54 heavy (non-hydrogen) atoms. The van der Waals surface area contributed by atoms with Gasteiger partial charge in [-0.15, -0.1) is 22.7 Å². The zero-order chi connectivity index (χ0) is 35.5. The fourth-order valence-corrected chi connectivity index (χ4v) is 11.6. The van der Waals surface area contributed by atoms with E-state index >= 15 is 0 Å². The topological polar surface area (TPSA) is 16.4 Å². The number of thiophene rings is 2. The molecule has 254 valence electrons. The van der Waals surface area contributed by atoms with E-state index in [2.05, 4.69) is 182 Å². The second-order valence-corrected chi connectivity index (χ2v) is 16.7. The molecule has 0 atom stereocenters. The van der Waals surface area contributed by atoms with E-state index in [-0.39, 0.29) is 5.41 Å². The normalized spacial score (nSPS) is 13.4. The molecule has 3 aromatic heterocycles. The van der Waals surface area contributed by atoms with Crippen molar-refractivity contribution in [1.29, 1.82) is 0 Å². The van der Waals surface area contributed by atoms with Crippen molar-refractivity contribution in [2.45, 2.75) is 12.3 Å². The predicted octanol–water partition coefficient (Wildman–Crippen LogP) is 15.1. The molecule has 11 aromatic rings. The van der Waals surface area contributed by atoms with Gasteiger partial charge < -0.3 is 9.32 Å². The Morgan fingerprint density at radius 1 is 0.444 bits per heavy atom. The highest BCUT2D eigenvalue weighted by atomic mass is 32.1. The van der Waals surface area contributed by atoms with Crippen LogP contribution in [0.4, 0.5) is 17.1 Å². The van der Waals surface area contributed by atoms with Crippen molar-refractivity contribution in [3.63, 3.8) is 0 Å². The summed E-state index contributed by atoms with van der Waals surface area (Å²) < 4.78 is 12.2. The third-order valence-electron chi connectivity index (χ3n) is 11.7. The highest BCUT2D eigenvalue weighted by Crippen LogP contribution is 2.56. The lowest BCUT2D eigenvalue weighted by Gasteiger charge is -2.31. The molecular formula is C50H31NOS2. The van der Waals surface area contributed by atoms with E-state index < -0.39 is 0 Å². The molecule has 8 aromatic carbocycles. The molecule has 12 rings (SSSR count). The second kappa shape index (κ2) is 11.2. The maximum Gasteiger partial charge on any atom is 0.159 e. The van der Waals surface area contributed by atoms with Crippen molar-refractivity contribution in [2.24, 2.45) is 0 Å². The standard InChI is InChI=1S/C50H31NOS2/c1-50(39-17-7-2-12-32(39)33-13-3-8-18-40(33)50)41-26-27-42(49-48(41)38-16-4-9-19-43(38)52-49)51(30-22-24-36-34-14-5-10-20-44(34)53-46(36)28-30)31-23-25-37-35-15-6-11-21-45(35)54-47(37)29-31/h2-29H,1H3. The fraction of sp³-hybridized carbons (Fsp3) is 0.0400. The molecule has 0 aliphatic heterocycles. The first-order valence-corrected chi connectivity index (χ1v) is 20.1. The SMILES string of the molecule is CC1(c2ccc(N(c3ccc4c(c3)sc3ccccc34)c3ccc4c(c3)sc3ccccc34)c3oc4ccccc4c23)c2ccccc2-c2ccccc21. The molecule has 0 unspecified atom stereocenters. The van der Waals surface area contributed by atoms with Crippen molar-refractivity contribution in [3.8, 4) is 11.1 Å². The number of furan rings is 1. The first kappa shape index (κ1) is 30.3. The highest BCUT2D eigenvalue weighted by Gasteiger charge is 2.42. The minimum absolute atomic E-state index is 0.382. The van der Waals surface area contributed by atoms with E-state index in [9.17, 15) is 0 Å². The predicted molar refractivity (Wildman–Crippen MR) is 232 cm³/mol. The fourth-order valence-electron chi connectivity index (χ4n) is 9.29. The lowest BCUT2D eigenvalue weighted by Crippen LogP contribution is -2.23. The van der Waals surface area contributed by atoms with Crippen molar-refractivity contribution >= 4 is 102 Å². The van der Waals surface area contributed by atoms with Crippen LogP contribution in [0.3, 0.4) is 0 Å². The molecule has 1 aliphatic rings. The van der Waals surface area contributed by atoms with Crippen molar-refractivity contribution in [3.05, 3.63) is 187 Å². The van der Waals surface area contributed by atoms with Crippen molar-refractivity contribution < 1.29 is 4.42 Å². The molecule has 1 aliphatic carbocycles. The van der Waals surface area contributed by atoms with Crippen LogP contribution in [0.15, 0.2) is 174 Å². The summed E-state index contributed by atoms with van der Waals surface area (Å²) in [6, 6.07) is 62.4. The molecule has 0 saturated heterocycles. The lowest BCUT2D eigenvalue weighted by molar-refractivity contribution is 0.666. The number of para-hydroxylation sites is 1. The van der Waals surface area contributed by atoms with Gasteiger partial charge in [0.15, 0.2) is 5.58 Å². The first-order chi connectivity index (χ1) is 26.6. The molecule has 0 spiro atoms. The smallest absolute Gasteiger partial charge is 0.159 e. The van der Waals surface area contributed by atoms with Crippen molar-refractivity contribution in [1.82, 2.24) is 0 Å². The van der Waals surface area contributed by atoms with Gasteiger partial charge in [-0.25, -0.2) is 0 Å². The van der Waals surface area contributed by atoms with E-state index in [0.717, 1.165) is 39.0 Å². The Balaban J connectivity index is 1.16. The largest absolute Gasteiger partial charge is 0.454 e. The summed E-state index contributed by atoms with van der Waals surface area (Å²) in [5.41, 5.74) is 11.1. The monoisotopic (exact) mass is 725 g/mol. The number of hydrogen-bond acceptors (Lipinski definition) is 4. The van der Waals surface area contributed by atoms with Crippen LogP contribution in [0, 0.1) is 0 Å². The van der Waals surface area contributed by atoms with Crippen LogP contribution in [0.1, 0.15) is 23.6 Å². The number of nitrogens with zero attached hydrogens (tertiary/aromatic N) is 1. The molecule has 4 heteroatoms. The number of fused-ring (bicyclic) bond motifs is 12.